The Kier molecular flexibility index (Phi) is 10.0. The van der Waals surface area contributed by atoms with Crippen LogP contribution in [0.5, 0.6) is 11.5 Å². The Labute approximate surface area is 235 Å². The van der Waals surface area contributed by atoms with Gasteiger partial charge in [-0.1, -0.05) is 12.5 Å². The number of hydrogen-bond acceptors (Lipinski definition) is 9. The molecule has 0 unspecified atom stereocenters. The average Bonchev–Trinajstić information content (AvgIpc) is 3.48. The lowest BCUT2D eigenvalue weighted by Crippen LogP contribution is -2.44. The highest BCUT2D eigenvalue weighted by molar-refractivity contribution is 6.08. The molecule has 0 bridgehead atoms. The lowest BCUT2D eigenvalue weighted by molar-refractivity contribution is -0.125. The molecule has 2 saturated heterocycles. The Morgan fingerprint density at radius 3 is 2.55 bits per heavy atom. The van der Waals surface area contributed by atoms with E-state index >= 15 is 0 Å². The minimum Gasteiger partial charge on any atom is -0.497 e. The molecular formula is C29H38N6O5. The Hall–Kier alpha value is -4.01. The third-order valence-electron chi connectivity index (χ3n) is 7.13. The van der Waals surface area contributed by atoms with Gasteiger partial charge in [-0.25, -0.2) is 5.01 Å². The summed E-state index contributed by atoms with van der Waals surface area (Å²) in [5.41, 5.74) is 7.49. The van der Waals surface area contributed by atoms with Crippen molar-refractivity contribution in [2.45, 2.75) is 25.3 Å². The second-order valence-corrected chi connectivity index (χ2v) is 9.78. The van der Waals surface area contributed by atoms with E-state index in [1.165, 1.54) is 6.08 Å². The van der Waals surface area contributed by atoms with E-state index in [0.717, 1.165) is 39.3 Å². The molecule has 1 aromatic carbocycles. The van der Waals surface area contributed by atoms with Crippen LogP contribution in [0.1, 0.15) is 24.8 Å². The van der Waals surface area contributed by atoms with Crippen LogP contribution in [0.3, 0.4) is 0 Å². The molecule has 3 N–H and O–H groups in total. The van der Waals surface area contributed by atoms with Crippen LogP contribution in [-0.2, 0) is 14.3 Å². The third kappa shape index (κ3) is 7.34. The van der Waals surface area contributed by atoms with Crippen LogP contribution >= 0.6 is 0 Å². The first-order valence-corrected chi connectivity index (χ1v) is 13.5. The van der Waals surface area contributed by atoms with Gasteiger partial charge in [0, 0.05) is 50.8 Å². The predicted octanol–water partition coefficient (Wildman–Crippen LogP) is 0.913. The van der Waals surface area contributed by atoms with Crippen LogP contribution < -0.4 is 20.5 Å². The Bertz CT molecular complexity index is 1200. The van der Waals surface area contributed by atoms with Gasteiger partial charge in [-0.05, 0) is 43.5 Å². The van der Waals surface area contributed by atoms with Crippen LogP contribution in [0.4, 0.5) is 0 Å². The van der Waals surface area contributed by atoms with Gasteiger partial charge in [0.2, 0.25) is 11.8 Å². The number of rotatable bonds is 10. The van der Waals surface area contributed by atoms with Gasteiger partial charge in [-0.15, -0.1) is 0 Å². The number of hydrogen-bond donors (Lipinski definition) is 2. The second kappa shape index (κ2) is 13.9. The van der Waals surface area contributed by atoms with Crippen molar-refractivity contribution in [3.8, 4) is 23.3 Å². The number of amides is 2. The van der Waals surface area contributed by atoms with Crippen LogP contribution in [0.25, 0.3) is 0 Å². The van der Waals surface area contributed by atoms with E-state index < -0.39 is 5.91 Å². The molecule has 0 aliphatic carbocycles. The van der Waals surface area contributed by atoms with Crippen molar-refractivity contribution in [2.75, 3.05) is 66.7 Å². The first-order chi connectivity index (χ1) is 19.4. The molecule has 214 valence electrons. The zero-order chi connectivity index (χ0) is 28.5. The van der Waals surface area contributed by atoms with Gasteiger partial charge in [0.25, 0.3) is 0 Å². The molecule has 4 rings (SSSR count). The van der Waals surface area contributed by atoms with E-state index in [1.807, 2.05) is 0 Å². The normalized spacial score (nSPS) is 19.4. The predicted molar refractivity (Wildman–Crippen MR) is 152 cm³/mol. The fraction of sp³-hybridized carbons (Fsp3) is 0.483. The first-order valence-electron chi connectivity index (χ1n) is 13.5. The fourth-order valence-electron chi connectivity index (χ4n) is 4.96. The summed E-state index contributed by atoms with van der Waals surface area (Å²) < 4.78 is 16.1. The summed E-state index contributed by atoms with van der Waals surface area (Å²) >= 11 is 0. The van der Waals surface area contributed by atoms with Gasteiger partial charge in [-0.3, -0.25) is 14.5 Å². The van der Waals surface area contributed by atoms with Crippen LogP contribution in [0, 0.1) is 11.8 Å². The third-order valence-corrected chi connectivity index (χ3v) is 7.13. The number of carbonyl (C=O) groups excluding carboxylic acids is 2. The summed E-state index contributed by atoms with van der Waals surface area (Å²) in [6, 6.07) is 5.23. The van der Waals surface area contributed by atoms with Crippen LogP contribution in [0.15, 0.2) is 47.3 Å². The lowest BCUT2D eigenvalue weighted by atomic mass is 10.0. The summed E-state index contributed by atoms with van der Waals surface area (Å²) in [6.45, 7) is 9.53. The minimum absolute atomic E-state index is 0.130. The van der Waals surface area contributed by atoms with E-state index in [9.17, 15) is 9.59 Å². The molecule has 11 nitrogen and oxygen atoms in total. The quantitative estimate of drug-likeness (QED) is 0.251. The molecular weight excluding hydrogens is 512 g/mol. The molecule has 0 spiro atoms. The van der Waals surface area contributed by atoms with E-state index in [0.29, 0.717) is 60.2 Å². The number of benzene rings is 1. The van der Waals surface area contributed by atoms with Gasteiger partial charge in [0.15, 0.2) is 0 Å². The molecule has 3 aliphatic heterocycles. The largest absolute Gasteiger partial charge is 0.497 e. The van der Waals surface area contributed by atoms with Crippen molar-refractivity contribution < 1.29 is 23.8 Å². The highest BCUT2D eigenvalue weighted by Crippen LogP contribution is 2.27. The van der Waals surface area contributed by atoms with Gasteiger partial charge >= 0.3 is 0 Å². The number of ether oxygens (including phenoxy) is 3. The number of nitrogens with one attached hydrogen (secondary N) is 1. The molecule has 0 radical (unpaired) electrons. The van der Waals surface area contributed by atoms with Gasteiger partial charge in [-0.2, -0.15) is 5.10 Å². The van der Waals surface area contributed by atoms with E-state index in [2.05, 4.69) is 28.6 Å². The number of likely N-dealkylation sites (tertiary alicyclic amines) is 1. The minimum atomic E-state index is -0.532. The second-order valence-electron chi connectivity index (χ2n) is 9.78. The smallest absolute Gasteiger partial charge is 0.248 e. The topological polar surface area (TPSA) is 122 Å². The van der Waals surface area contributed by atoms with Crippen molar-refractivity contribution in [3.05, 3.63) is 47.8 Å². The first kappa shape index (κ1) is 29.0. The van der Waals surface area contributed by atoms with Gasteiger partial charge in [0.1, 0.15) is 23.0 Å². The maximum absolute atomic E-state index is 12.7. The molecule has 0 aromatic heterocycles. The highest BCUT2D eigenvalue weighted by atomic mass is 16.5. The number of nitrogens with two attached hydrogens (primary N) is 1. The zero-order valence-electron chi connectivity index (χ0n) is 23.3. The van der Waals surface area contributed by atoms with E-state index in [-0.39, 0.29) is 18.4 Å². The van der Waals surface area contributed by atoms with Crippen molar-refractivity contribution >= 4 is 17.5 Å². The lowest BCUT2D eigenvalue weighted by Gasteiger charge is -2.34. The summed E-state index contributed by atoms with van der Waals surface area (Å²) in [7, 11) is 3.16. The molecule has 2 fully saturated rings. The SMILES string of the molecule is C=CC(=O)N1CC[C@H](N2N=C(C#Cc3cc(OC)cc(OC)c3)CC(C(N)=O)=C2NCCCN2CCOCC2)C1. The molecule has 1 atom stereocenters. The van der Waals surface area contributed by atoms with Crippen molar-refractivity contribution in [3.63, 3.8) is 0 Å². The summed E-state index contributed by atoms with van der Waals surface area (Å²) in [6.07, 6.45) is 3.08. The molecule has 11 heteroatoms. The van der Waals surface area contributed by atoms with E-state index in [4.69, 9.17) is 25.0 Å². The van der Waals surface area contributed by atoms with Gasteiger partial charge in [0.05, 0.1) is 39.0 Å². The Balaban J connectivity index is 1.57. The number of hydrazone groups is 1. The summed E-state index contributed by atoms with van der Waals surface area (Å²) in [4.78, 5) is 29.0. The molecule has 3 aliphatic rings. The Morgan fingerprint density at radius 1 is 1.18 bits per heavy atom. The number of nitrogens with zero attached hydrogens (tertiary/aromatic N) is 4. The highest BCUT2D eigenvalue weighted by Gasteiger charge is 2.35. The maximum atomic E-state index is 12.7. The summed E-state index contributed by atoms with van der Waals surface area (Å²) in [5.74, 6) is 7.40. The average molecular weight is 551 g/mol. The number of carbonyl (C=O) groups is 2. The molecule has 2 amide bonds. The number of morpholine rings is 1. The summed E-state index contributed by atoms with van der Waals surface area (Å²) in [5, 5.41) is 10.1. The standard InChI is InChI=1S/C29H38N6O5/c1-4-27(36)34-11-8-23(20-34)35-29(31-9-5-10-33-12-14-40-15-13-33)26(28(30)37)18-22(32-35)7-6-21-16-24(38-2)19-25(17-21)39-3/h4,16-17,19,23,31H,1,5,8-15,18,20H2,2-3H3,(H2,30,37)/t23-/m0/s1. The Morgan fingerprint density at radius 2 is 1.90 bits per heavy atom. The molecule has 3 heterocycles. The molecule has 0 saturated carbocycles. The van der Waals surface area contributed by atoms with E-state index in [1.54, 1.807) is 42.3 Å². The molecule has 40 heavy (non-hydrogen) atoms. The maximum Gasteiger partial charge on any atom is 0.248 e. The monoisotopic (exact) mass is 550 g/mol. The van der Waals surface area contributed by atoms with Gasteiger partial charge < -0.3 is 30.2 Å². The van der Waals surface area contributed by atoms with Crippen LogP contribution in [0.2, 0.25) is 0 Å². The van der Waals surface area contributed by atoms with Crippen molar-refractivity contribution in [2.24, 2.45) is 10.8 Å². The van der Waals surface area contributed by atoms with Crippen molar-refractivity contribution in [1.29, 1.82) is 0 Å². The van der Waals surface area contributed by atoms with Crippen molar-refractivity contribution in [1.82, 2.24) is 20.1 Å². The number of primary amides is 1. The zero-order valence-corrected chi connectivity index (χ0v) is 23.3. The number of methoxy groups -OCH3 is 2. The van der Waals surface area contributed by atoms with Crippen LogP contribution in [-0.4, -0.2) is 105 Å². The fourth-order valence-corrected chi connectivity index (χ4v) is 4.96. The molecule has 1 aromatic rings.